The molecule has 2 fully saturated rings. The first-order chi connectivity index (χ1) is 13.1. The van der Waals surface area contributed by atoms with Gasteiger partial charge in [0.2, 0.25) is 27.5 Å². The Morgan fingerprint density at radius 1 is 1.04 bits per heavy atom. The van der Waals surface area contributed by atoms with Gasteiger partial charge in [0.05, 0.1) is 18.1 Å². The molecule has 0 N–H and O–H groups in total. The normalized spacial score (nSPS) is 18.6. The van der Waals surface area contributed by atoms with E-state index in [0.717, 1.165) is 25.9 Å². The van der Waals surface area contributed by atoms with Crippen LogP contribution >= 0.6 is 0 Å². The number of nitrogens with zero attached hydrogens (tertiary/aromatic N) is 4. The zero-order chi connectivity index (χ0) is 18.9. The van der Waals surface area contributed by atoms with Crippen molar-refractivity contribution >= 4 is 15.9 Å². The molecule has 0 bridgehead atoms. The van der Waals surface area contributed by atoms with E-state index in [4.69, 9.17) is 9.15 Å². The average Bonchev–Trinajstić information content (AvgIpc) is 3.38. The van der Waals surface area contributed by atoms with Gasteiger partial charge in [0.25, 0.3) is 0 Å². The SMILES string of the molecule is N#Cc1nc(-c2ccc(S(=O)(=O)N3CCOCC3)cc2)oc1N1CCCC1. The van der Waals surface area contributed by atoms with Gasteiger partial charge in [0, 0.05) is 31.7 Å². The van der Waals surface area contributed by atoms with Crippen molar-refractivity contribution in [1.29, 1.82) is 5.26 Å². The first-order valence-electron chi connectivity index (χ1n) is 8.94. The molecule has 2 aliphatic rings. The van der Waals surface area contributed by atoms with Crippen molar-refractivity contribution in [2.45, 2.75) is 17.7 Å². The van der Waals surface area contributed by atoms with E-state index < -0.39 is 10.0 Å². The second kappa shape index (κ2) is 7.31. The molecule has 27 heavy (non-hydrogen) atoms. The number of oxazole rings is 1. The van der Waals surface area contributed by atoms with Gasteiger partial charge < -0.3 is 14.1 Å². The Bertz CT molecular complexity index is 950. The van der Waals surface area contributed by atoms with E-state index in [9.17, 15) is 13.7 Å². The van der Waals surface area contributed by atoms with Gasteiger partial charge in [-0.3, -0.25) is 0 Å². The lowest BCUT2D eigenvalue weighted by atomic mass is 10.2. The van der Waals surface area contributed by atoms with Gasteiger partial charge in [-0.05, 0) is 37.1 Å². The molecule has 2 aliphatic heterocycles. The molecule has 4 rings (SSSR count). The maximum absolute atomic E-state index is 12.7. The number of hydrogen-bond donors (Lipinski definition) is 0. The lowest BCUT2D eigenvalue weighted by molar-refractivity contribution is 0.0730. The summed E-state index contributed by atoms with van der Waals surface area (Å²) in [6.07, 6.45) is 2.13. The summed E-state index contributed by atoms with van der Waals surface area (Å²) in [4.78, 5) is 6.52. The second-order valence-corrected chi connectivity index (χ2v) is 8.46. The minimum atomic E-state index is -3.54. The van der Waals surface area contributed by atoms with Crippen molar-refractivity contribution in [3.05, 3.63) is 30.0 Å². The van der Waals surface area contributed by atoms with Crippen molar-refractivity contribution < 1.29 is 17.6 Å². The predicted octanol–water partition coefficient (Wildman–Crippen LogP) is 1.83. The van der Waals surface area contributed by atoms with E-state index in [1.54, 1.807) is 24.3 Å². The number of nitriles is 1. The number of benzene rings is 1. The number of morpholine rings is 1. The molecule has 8 nitrogen and oxygen atoms in total. The summed E-state index contributed by atoms with van der Waals surface area (Å²) in [5.41, 5.74) is 0.898. The van der Waals surface area contributed by atoms with Gasteiger partial charge in [0.15, 0.2) is 0 Å². The summed E-state index contributed by atoms with van der Waals surface area (Å²) in [7, 11) is -3.54. The fourth-order valence-corrected chi connectivity index (χ4v) is 4.76. The minimum absolute atomic E-state index is 0.222. The second-order valence-electron chi connectivity index (χ2n) is 6.52. The Morgan fingerprint density at radius 3 is 2.33 bits per heavy atom. The summed E-state index contributed by atoms with van der Waals surface area (Å²) >= 11 is 0. The fraction of sp³-hybridized carbons (Fsp3) is 0.444. The van der Waals surface area contributed by atoms with Gasteiger partial charge in [-0.2, -0.15) is 14.6 Å². The van der Waals surface area contributed by atoms with Crippen LogP contribution < -0.4 is 4.90 Å². The third kappa shape index (κ3) is 3.43. The predicted molar refractivity (Wildman–Crippen MR) is 97.7 cm³/mol. The standard InChI is InChI=1S/C18H20N4O4S/c19-13-16-18(21-7-1-2-8-21)26-17(20-16)14-3-5-15(6-4-14)27(23,24)22-9-11-25-12-10-22/h3-6H,1-2,7-12H2. The summed E-state index contributed by atoms with van der Waals surface area (Å²) in [5.74, 6) is 0.818. The lowest BCUT2D eigenvalue weighted by Crippen LogP contribution is -2.40. The Kier molecular flexibility index (Phi) is 4.86. The third-order valence-electron chi connectivity index (χ3n) is 4.82. The van der Waals surface area contributed by atoms with Crippen LogP contribution in [-0.2, 0) is 14.8 Å². The molecule has 1 aromatic heterocycles. The van der Waals surface area contributed by atoms with Crippen molar-refractivity contribution in [2.24, 2.45) is 0 Å². The molecule has 0 amide bonds. The number of rotatable bonds is 4. The van der Waals surface area contributed by atoms with Gasteiger partial charge >= 0.3 is 0 Å². The van der Waals surface area contributed by atoms with Crippen LogP contribution in [0.15, 0.2) is 33.6 Å². The first-order valence-corrected chi connectivity index (χ1v) is 10.4. The monoisotopic (exact) mass is 388 g/mol. The van der Waals surface area contributed by atoms with Crippen molar-refractivity contribution in [2.75, 3.05) is 44.3 Å². The molecule has 0 atom stereocenters. The zero-order valence-corrected chi connectivity index (χ0v) is 15.6. The molecule has 0 aliphatic carbocycles. The van der Waals surface area contributed by atoms with Crippen LogP contribution in [0, 0.1) is 11.3 Å². The topological polar surface area (TPSA) is 99.7 Å². The van der Waals surface area contributed by atoms with Crippen LogP contribution in [0.2, 0.25) is 0 Å². The maximum atomic E-state index is 12.7. The lowest BCUT2D eigenvalue weighted by Gasteiger charge is -2.26. The van der Waals surface area contributed by atoms with E-state index >= 15 is 0 Å². The van der Waals surface area contributed by atoms with Gasteiger partial charge in [0.1, 0.15) is 6.07 Å². The highest BCUT2D eigenvalue weighted by atomic mass is 32.2. The Hall–Kier alpha value is -2.41. The largest absolute Gasteiger partial charge is 0.419 e. The minimum Gasteiger partial charge on any atom is -0.419 e. The molecule has 2 aromatic rings. The van der Waals surface area contributed by atoms with E-state index in [0.29, 0.717) is 43.6 Å². The average molecular weight is 388 g/mol. The quantitative estimate of drug-likeness (QED) is 0.788. The zero-order valence-electron chi connectivity index (χ0n) is 14.8. The van der Waals surface area contributed by atoms with E-state index in [1.807, 2.05) is 4.90 Å². The van der Waals surface area contributed by atoms with Crippen molar-refractivity contribution in [3.63, 3.8) is 0 Å². The van der Waals surface area contributed by atoms with Crippen molar-refractivity contribution in [1.82, 2.24) is 9.29 Å². The summed E-state index contributed by atoms with van der Waals surface area (Å²) in [6, 6.07) is 8.50. The number of ether oxygens (including phenoxy) is 1. The number of sulfonamides is 1. The third-order valence-corrected chi connectivity index (χ3v) is 6.73. The molecule has 2 saturated heterocycles. The molecule has 0 radical (unpaired) electrons. The summed E-state index contributed by atoms with van der Waals surface area (Å²) < 4.78 is 37.9. The van der Waals surface area contributed by atoms with Gasteiger partial charge in [-0.15, -0.1) is 0 Å². The van der Waals surface area contributed by atoms with E-state index in [1.165, 1.54) is 4.31 Å². The van der Waals surface area contributed by atoms with Crippen LogP contribution in [0.1, 0.15) is 18.5 Å². The van der Waals surface area contributed by atoms with Gasteiger partial charge in [-0.25, -0.2) is 8.42 Å². The van der Waals surface area contributed by atoms with E-state index in [-0.39, 0.29) is 10.6 Å². The number of hydrogen-bond acceptors (Lipinski definition) is 7. The molecule has 3 heterocycles. The van der Waals surface area contributed by atoms with Crippen molar-refractivity contribution in [3.8, 4) is 17.5 Å². The highest BCUT2D eigenvalue weighted by Gasteiger charge is 2.27. The summed E-state index contributed by atoms with van der Waals surface area (Å²) in [5, 5.41) is 9.34. The Balaban J connectivity index is 1.60. The van der Waals surface area contributed by atoms with Crippen LogP contribution in [0.25, 0.3) is 11.5 Å². The molecule has 0 unspecified atom stereocenters. The van der Waals surface area contributed by atoms with Crippen LogP contribution in [0.3, 0.4) is 0 Å². The molecule has 142 valence electrons. The van der Waals surface area contributed by atoms with E-state index in [2.05, 4.69) is 11.1 Å². The molecular weight excluding hydrogens is 368 g/mol. The number of aromatic nitrogens is 1. The molecular formula is C18H20N4O4S. The fourth-order valence-electron chi connectivity index (χ4n) is 3.35. The highest BCUT2D eigenvalue weighted by Crippen LogP contribution is 2.31. The molecule has 1 aromatic carbocycles. The first kappa shape index (κ1) is 18.0. The Labute approximate surface area is 158 Å². The summed E-state index contributed by atoms with van der Waals surface area (Å²) in [6.45, 7) is 3.22. The molecule has 0 saturated carbocycles. The molecule has 9 heteroatoms. The Morgan fingerprint density at radius 2 is 1.70 bits per heavy atom. The molecule has 0 spiro atoms. The van der Waals surface area contributed by atoms with Crippen LogP contribution in [-0.4, -0.2) is 57.1 Å². The van der Waals surface area contributed by atoms with Crippen LogP contribution in [0.5, 0.6) is 0 Å². The smallest absolute Gasteiger partial charge is 0.243 e. The number of anilines is 1. The van der Waals surface area contributed by atoms with Crippen LogP contribution in [0.4, 0.5) is 5.88 Å². The maximum Gasteiger partial charge on any atom is 0.243 e. The highest BCUT2D eigenvalue weighted by molar-refractivity contribution is 7.89. The van der Waals surface area contributed by atoms with Gasteiger partial charge in [-0.1, -0.05) is 0 Å².